The molecule has 18 heavy (non-hydrogen) atoms. The first-order valence-corrected chi connectivity index (χ1v) is 6.43. The minimum absolute atomic E-state index is 0.0361. The van der Waals surface area contributed by atoms with Gasteiger partial charge in [-0.1, -0.05) is 11.2 Å². The van der Waals surface area contributed by atoms with Gasteiger partial charge in [-0.3, -0.25) is 0 Å². The van der Waals surface area contributed by atoms with Gasteiger partial charge in [0.1, 0.15) is 0 Å². The molecule has 2 rings (SSSR count). The number of nitrogens with zero attached hydrogens (tertiary/aromatic N) is 2. The van der Waals surface area contributed by atoms with Gasteiger partial charge in [0.05, 0.1) is 11.7 Å². The predicted octanol–water partition coefficient (Wildman–Crippen LogP) is 3.16. The number of hydrogen-bond donors (Lipinski definition) is 2. The van der Waals surface area contributed by atoms with E-state index >= 15 is 0 Å². The normalized spacial score (nSPS) is 12.4. The van der Waals surface area contributed by atoms with Crippen molar-refractivity contribution in [2.75, 3.05) is 12.4 Å². The number of anilines is 2. The molecule has 1 unspecified atom stereocenters. The van der Waals surface area contributed by atoms with E-state index in [9.17, 15) is 0 Å². The predicted molar refractivity (Wildman–Crippen MR) is 73.9 cm³/mol. The zero-order chi connectivity index (χ0) is 13.1. The van der Waals surface area contributed by atoms with Crippen LogP contribution in [0.2, 0.25) is 0 Å². The first-order chi connectivity index (χ1) is 8.60. The van der Waals surface area contributed by atoms with Crippen molar-refractivity contribution in [3.05, 3.63) is 34.1 Å². The van der Waals surface area contributed by atoms with Crippen LogP contribution >= 0.6 is 15.9 Å². The maximum atomic E-state index is 5.52. The SMILES string of the molecule is CNC(C)c1nnc(Nc2cc(C)ccc2Br)o1. The highest BCUT2D eigenvalue weighted by Crippen LogP contribution is 2.26. The van der Waals surface area contributed by atoms with E-state index in [0.29, 0.717) is 11.9 Å². The summed E-state index contributed by atoms with van der Waals surface area (Å²) in [6.45, 7) is 3.99. The quantitative estimate of drug-likeness (QED) is 0.908. The molecule has 0 spiro atoms. The molecule has 2 N–H and O–H groups in total. The summed E-state index contributed by atoms with van der Waals surface area (Å²) in [5, 5.41) is 14.1. The molecule has 0 amide bonds. The lowest BCUT2D eigenvalue weighted by Crippen LogP contribution is -2.12. The highest BCUT2D eigenvalue weighted by atomic mass is 79.9. The fourth-order valence-electron chi connectivity index (χ4n) is 1.43. The molecule has 0 saturated heterocycles. The van der Waals surface area contributed by atoms with Crippen molar-refractivity contribution in [2.45, 2.75) is 19.9 Å². The van der Waals surface area contributed by atoms with Gasteiger partial charge in [-0.25, -0.2) is 0 Å². The zero-order valence-electron chi connectivity index (χ0n) is 10.5. The molecule has 0 fully saturated rings. The van der Waals surface area contributed by atoms with Crippen LogP contribution < -0.4 is 10.6 Å². The lowest BCUT2D eigenvalue weighted by molar-refractivity contribution is 0.443. The Balaban J connectivity index is 2.18. The Bertz CT molecular complexity index is 541. The first-order valence-electron chi connectivity index (χ1n) is 5.64. The molecule has 0 saturated carbocycles. The molecule has 0 radical (unpaired) electrons. The maximum Gasteiger partial charge on any atom is 0.320 e. The topological polar surface area (TPSA) is 63.0 Å². The van der Waals surface area contributed by atoms with E-state index < -0.39 is 0 Å². The van der Waals surface area contributed by atoms with Crippen molar-refractivity contribution in [1.82, 2.24) is 15.5 Å². The average molecular weight is 311 g/mol. The average Bonchev–Trinajstić information content (AvgIpc) is 2.81. The summed E-state index contributed by atoms with van der Waals surface area (Å²) in [4.78, 5) is 0. The second kappa shape index (κ2) is 5.49. The fraction of sp³-hybridized carbons (Fsp3) is 0.333. The Morgan fingerprint density at radius 2 is 2.11 bits per heavy atom. The van der Waals surface area contributed by atoms with Gasteiger partial charge in [-0.15, -0.1) is 5.10 Å². The van der Waals surface area contributed by atoms with Crippen molar-refractivity contribution in [3.8, 4) is 0 Å². The van der Waals surface area contributed by atoms with E-state index in [1.54, 1.807) is 0 Å². The summed E-state index contributed by atoms with van der Waals surface area (Å²) < 4.78 is 6.47. The van der Waals surface area contributed by atoms with E-state index in [1.165, 1.54) is 0 Å². The zero-order valence-corrected chi connectivity index (χ0v) is 12.1. The van der Waals surface area contributed by atoms with Gasteiger partial charge in [0, 0.05) is 4.47 Å². The third-order valence-corrected chi connectivity index (χ3v) is 3.30. The summed E-state index contributed by atoms with van der Waals surface area (Å²) in [7, 11) is 1.85. The molecular weight excluding hydrogens is 296 g/mol. The van der Waals surface area contributed by atoms with Crippen LogP contribution in [0.3, 0.4) is 0 Å². The van der Waals surface area contributed by atoms with Gasteiger partial charge < -0.3 is 15.1 Å². The monoisotopic (exact) mass is 310 g/mol. The molecule has 6 heteroatoms. The second-order valence-electron chi connectivity index (χ2n) is 4.06. The molecule has 96 valence electrons. The molecule has 0 aliphatic rings. The van der Waals surface area contributed by atoms with Crippen molar-refractivity contribution < 1.29 is 4.42 Å². The highest BCUT2D eigenvalue weighted by Gasteiger charge is 2.12. The molecular formula is C12H15BrN4O. The van der Waals surface area contributed by atoms with Gasteiger partial charge in [-0.05, 0) is 54.5 Å². The molecule has 0 bridgehead atoms. The third-order valence-electron chi connectivity index (χ3n) is 2.61. The molecule has 0 aliphatic heterocycles. The van der Waals surface area contributed by atoms with Gasteiger partial charge in [-0.2, -0.15) is 0 Å². The van der Waals surface area contributed by atoms with E-state index in [-0.39, 0.29) is 6.04 Å². The minimum Gasteiger partial charge on any atom is -0.406 e. The van der Waals surface area contributed by atoms with Gasteiger partial charge in [0.25, 0.3) is 0 Å². The van der Waals surface area contributed by atoms with Crippen LogP contribution in [0.4, 0.5) is 11.7 Å². The maximum absolute atomic E-state index is 5.52. The van der Waals surface area contributed by atoms with Gasteiger partial charge in [0.2, 0.25) is 5.89 Å². The lowest BCUT2D eigenvalue weighted by Gasteiger charge is -2.06. The molecule has 1 aromatic heterocycles. The molecule has 1 heterocycles. The standard InChI is InChI=1S/C12H15BrN4O/c1-7-4-5-9(13)10(6-7)15-12-17-16-11(18-12)8(2)14-3/h4-6,8,14H,1-3H3,(H,15,17). The van der Waals surface area contributed by atoms with Gasteiger partial charge in [0.15, 0.2) is 0 Å². The number of halogens is 1. The van der Waals surface area contributed by atoms with Crippen LogP contribution in [0, 0.1) is 6.92 Å². The molecule has 1 aromatic carbocycles. The largest absolute Gasteiger partial charge is 0.406 e. The van der Waals surface area contributed by atoms with Crippen molar-refractivity contribution in [3.63, 3.8) is 0 Å². The molecule has 0 aliphatic carbocycles. The van der Waals surface area contributed by atoms with E-state index in [2.05, 4.69) is 36.8 Å². The summed E-state index contributed by atoms with van der Waals surface area (Å²) in [5.41, 5.74) is 2.06. The summed E-state index contributed by atoms with van der Waals surface area (Å²) >= 11 is 3.47. The first kappa shape index (κ1) is 13.0. The lowest BCUT2D eigenvalue weighted by atomic mass is 10.2. The Morgan fingerprint density at radius 1 is 1.33 bits per heavy atom. The van der Waals surface area contributed by atoms with Crippen LogP contribution in [0.25, 0.3) is 0 Å². The summed E-state index contributed by atoms with van der Waals surface area (Å²) in [6, 6.07) is 6.44. The van der Waals surface area contributed by atoms with E-state index in [0.717, 1.165) is 15.7 Å². The van der Waals surface area contributed by atoms with Crippen molar-refractivity contribution in [1.29, 1.82) is 0 Å². The van der Waals surface area contributed by atoms with Crippen LogP contribution in [0.5, 0.6) is 0 Å². The molecule has 1 atom stereocenters. The van der Waals surface area contributed by atoms with Crippen molar-refractivity contribution in [2.24, 2.45) is 0 Å². The van der Waals surface area contributed by atoms with E-state index in [4.69, 9.17) is 4.42 Å². The Hall–Kier alpha value is -1.40. The second-order valence-corrected chi connectivity index (χ2v) is 4.92. The summed E-state index contributed by atoms with van der Waals surface area (Å²) in [5.74, 6) is 0.559. The Kier molecular flexibility index (Phi) is 3.98. The van der Waals surface area contributed by atoms with Crippen LogP contribution in [-0.2, 0) is 0 Å². The number of hydrogen-bond acceptors (Lipinski definition) is 5. The molecule has 5 nitrogen and oxygen atoms in total. The number of aryl methyl sites for hydroxylation is 1. The van der Waals surface area contributed by atoms with Crippen LogP contribution in [-0.4, -0.2) is 17.2 Å². The molecule has 2 aromatic rings. The third kappa shape index (κ3) is 2.88. The van der Waals surface area contributed by atoms with E-state index in [1.807, 2.05) is 39.1 Å². The van der Waals surface area contributed by atoms with Crippen molar-refractivity contribution >= 4 is 27.6 Å². The Morgan fingerprint density at radius 3 is 2.83 bits per heavy atom. The number of nitrogens with one attached hydrogen (secondary N) is 2. The number of aromatic nitrogens is 2. The fourth-order valence-corrected chi connectivity index (χ4v) is 1.78. The minimum atomic E-state index is 0.0361. The van der Waals surface area contributed by atoms with Crippen LogP contribution in [0.1, 0.15) is 24.4 Å². The van der Waals surface area contributed by atoms with Gasteiger partial charge >= 0.3 is 6.01 Å². The number of rotatable bonds is 4. The highest BCUT2D eigenvalue weighted by molar-refractivity contribution is 9.10. The van der Waals surface area contributed by atoms with Crippen LogP contribution in [0.15, 0.2) is 27.1 Å². The number of benzene rings is 1. The summed E-state index contributed by atoms with van der Waals surface area (Å²) in [6.07, 6.45) is 0. The smallest absolute Gasteiger partial charge is 0.320 e. The Labute approximate surface area is 114 Å².